The van der Waals surface area contributed by atoms with Gasteiger partial charge in [0.05, 0.1) is 25.8 Å². The summed E-state index contributed by atoms with van der Waals surface area (Å²) in [7, 11) is 1.54. The van der Waals surface area contributed by atoms with Gasteiger partial charge in [-0.1, -0.05) is 13.3 Å². The molecule has 0 aliphatic carbocycles. The number of nitrogens with zero attached hydrogens (tertiary/aromatic N) is 3. The quantitative estimate of drug-likeness (QED) is 0.365. The lowest BCUT2D eigenvalue weighted by Crippen LogP contribution is -2.45. The topological polar surface area (TPSA) is 141 Å². The van der Waals surface area contributed by atoms with Crippen LogP contribution in [0.1, 0.15) is 55.7 Å². The van der Waals surface area contributed by atoms with Gasteiger partial charge in [0.1, 0.15) is 5.76 Å². The Balaban J connectivity index is 1.63. The van der Waals surface area contributed by atoms with Crippen LogP contribution in [0.4, 0.5) is 0 Å². The number of fused-ring (bicyclic) bond motifs is 1. The summed E-state index contributed by atoms with van der Waals surface area (Å²) in [6.07, 6.45) is 5.21. The molecule has 3 atom stereocenters. The van der Waals surface area contributed by atoms with Crippen molar-refractivity contribution >= 4 is 11.9 Å². The van der Waals surface area contributed by atoms with Crippen molar-refractivity contribution in [2.75, 3.05) is 46.6 Å². The third kappa shape index (κ3) is 6.65. The minimum atomic E-state index is -0.911. The molecule has 2 aliphatic rings. The molecule has 39 heavy (non-hydrogen) atoms. The fourth-order valence-corrected chi connectivity index (χ4v) is 5.61. The summed E-state index contributed by atoms with van der Waals surface area (Å²) in [5.74, 6) is 0.739. The maximum atomic E-state index is 13.5. The summed E-state index contributed by atoms with van der Waals surface area (Å²) >= 11 is 0. The van der Waals surface area contributed by atoms with Crippen molar-refractivity contribution in [2.45, 2.75) is 57.9 Å². The summed E-state index contributed by atoms with van der Waals surface area (Å²) in [6.45, 7) is 6.29. The molecule has 0 radical (unpaired) electrons. The number of nitrogens with two attached hydrogens (primary N) is 1. The van der Waals surface area contributed by atoms with Crippen LogP contribution < -0.4 is 19.9 Å². The van der Waals surface area contributed by atoms with Crippen LogP contribution in [0.2, 0.25) is 0 Å². The van der Waals surface area contributed by atoms with Crippen molar-refractivity contribution in [3.05, 3.63) is 35.5 Å². The van der Waals surface area contributed by atoms with Crippen LogP contribution in [0.15, 0.2) is 22.7 Å². The molecule has 0 saturated carbocycles. The lowest BCUT2D eigenvalue weighted by molar-refractivity contribution is -0.143. The maximum Gasteiger partial charge on any atom is 0.308 e. The molecular weight excluding hydrogens is 504 g/mol. The first kappa shape index (κ1) is 28.7. The van der Waals surface area contributed by atoms with E-state index < -0.39 is 17.9 Å². The zero-order valence-corrected chi connectivity index (χ0v) is 23.1. The number of carboxylic acid groups (broad SMARTS) is 1. The van der Waals surface area contributed by atoms with Crippen molar-refractivity contribution in [1.82, 2.24) is 14.8 Å². The number of likely N-dealkylation sites (tertiary alicyclic amines) is 1. The van der Waals surface area contributed by atoms with Crippen LogP contribution in [-0.2, 0) is 16.0 Å². The number of methoxy groups -OCH3 is 1. The summed E-state index contributed by atoms with van der Waals surface area (Å²) in [5.41, 5.74) is 6.51. The molecule has 1 saturated heterocycles. The lowest BCUT2D eigenvalue weighted by Gasteiger charge is -2.29. The van der Waals surface area contributed by atoms with E-state index in [0.717, 1.165) is 24.8 Å². The highest BCUT2D eigenvalue weighted by atomic mass is 16.7. The summed E-state index contributed by atoms with van der Waals surface area (Å²) < 4.78 is 22.3. The second kappa shape index (κ2) is 13.2. The number of hydrogen-bond acceptors (Lipinski definition) is 9. The smallest absolute Gasteiger partial charge is 0.308 e. The van der Waals surface area contributed by atoms with Gasteiger partial charge in [-0.3, -0.25) is 14.5 Å². The number of benzene rings is 1. The van der Waals surface area contributed by atoms with Crippen molar-refractivity contribution in [3.8, 4) is 17.2 Å². The molecule has 3 heterocycles. The van der Waals surface area contributed by atoms with Gasteiger partial charge < -0.3 is 34.4 Å². The molecular formula is C28H40N4O7. The third-order valence-electron chi connectivity index (χ3n) is 7.57. The fraction of sp³-hybridized carbons (Fsp3) is 0.607. The highest BCUT2D eigenvalue weighted by Gasteiger charge is 2.47. The Morgan fingerprint density at radius 2 is 2.05 bits per heavy atom. The fourth-order valence-electron chi connectivity index (χ4n) is 5.61. The number of hydrogen-bond donors (Lipinski definition) is 2. The van der Waals surface area contributed by atoms with Gasteiger partial charge in [0, 0.05) is 38.0 Å². The van der Waals surface area contributed by atoms with Crippen molar-refractivity contribution in [1.29, 1.82) is 0 Å². The maximum absolute atomic E-state index is 13.5. The number of amides is 1. The van der Waals surface area contributed by atoms with E-state index in [4.69, 9.17) is 24.4 Å². The molecule has 3 N–H and O–H groups in total. The molecule has 1 aromatic carbocycles. The largest absolute Gasteiger partial charge is 0.493 e. The van der Waals surface area contributed by atoms with E-state index in [1.54, 1.807) is 13.3 Å². The number of carboxylic acids is 1. The second-order valence-corrected chi connectivity index (χ2v) is 10.2. The monoisotopic (exact) mass is 544 g/mol. The molecule has 0 spiro atoms. The molecule has 11 heteroatoms. The van der Waals surface area contributed by atoms with E-state index in [0.29, 0.717) is 67.9 Å². The first-order chi connectivity index (χ1) is 18.9. The molecule has 1 unspecified atom stereocenters. The average Bonchev–Trinajstić information content (AvgIpc) is 3.65. The van der Waals surface area contributed by atoms with Crippen molar-refractivity contribution < 1.29 is 33.3 Å². The van der Waals surface area contributed by atoms with E-state index in [1.165, 1.54) is 0 Å². The minimum absolute atomic E-state index is 0.0121. The van der Waals surface area contributed by atoms with Gasteiger partial charge in [-0.05, 0) is 50.4 Å². The van der Waals surface area contributed by atoms with Gasteiger partial charge >= 0.3 is 5.97 Å². The predicted octanol–water partition coefficient (Wildman–Crippen LogP) is 2.80. The Labute approximate surface area is 229 Å². The first-order valence-corrected chi connectivity index (χ1v) is 13.7. The van der Waals surface area contributed by atoms with Crippen LogP contribution in [0.25, 0.3) is 0 Å². The molecule has 1 fully saturated rings. The molecule has 1 aromatic heterocycles. The third-order valence-corrected chi connectivity index (χ3v) is 7.57. The number of ether oxygens (including phenoxy) is 3. The second-order valence-electron chi connectivity index (χ2n) is 10.2. The normalized spacial score (nSPS) is 20.4. The standard InChI is InChI=1S/C28H40N4O7/c1-4-5-10-31(11-6-9-29)25(33)16-32-15-20(19-12-22(36-3)27-23(13-19)37-17-38-27)26(28(34)35)21(32)7-8-24-30-14-18(2)39-24/h12-14,20-21,26H,4-11,15-17,29H2,1-3H3,(H,34,35)/t20-,21+,26?/m1/s1. The molecule has 4 rings (SSSR count). The Hall–Kier alpha value is -3.31. The van der Waals surface area contributed by atoms with Gasteiger partial charge in [0.25, 0.3) is 0 Å². The van der Waals surface area contributed by atoms with Gasteiger partial charge in [0.2, 0.25) is 18.4 Å². The van der Waals surface area contributed by atoms with E-state index in [2.05, 4.69) is 11.9 Å². The van der Waals surface area contributed by atoms with Crippen LogP contribution in [-0.4, -0.2) is 84.4 Å². The number of aliphatic carboxylic acids is 1. The molecule has 1 amide bonds. The molecule has 0 bridgehead atoms. The van der Waals surface area contributed by atoms with E-state index in [9.17, 15) is 14.7 Å². The van der Waals surface area contributed by atoms with Crippen molar-refractivity contribution in [3.63, 3.8) is 0 Å². The number of carbonyl (C=O) groups excluding carboxylic acids is 1. The van der Waals surface area contributed by atoms with E-state index >= 15 is 0 Å². The number of rotatable bonds is 14. The number of carbonyl (C=O) groups is 2. The first-order valence-electron chi connectivity index (χ1n) is 13.7. The predicted molar refractivity (Wildman–Crippen MR) is 143 cm³/mol. The minimum Gasteiger partial charge on any atom is -0.493 e. The van der Waals surface area contributed by atoms with E-state index in [-0.39, 0.29) is 25.2 Å². The van der Waals surface area contributed by atoms with Gasteiger partial charge in [-0.15, -0.1) is 0 Å². The van der Waals surface area contributed by atoms with Crippen LogP contribution in [0, 0.1) is 12.8 Å². The van der Waals surface area contributed by atoms with E-state index in [1.807, 2.05) is 28.9 Å². The summed E-state index contributed by atoms with van der Waals surface area (Å²) in [4.78, 5) is 34.5. The Kier molecular flexibility index (Phi) is 9.68. The van der Waals surface area contributed by atoms with Gasteiger partial charge in [0.15, 0.2) is 17.4 Å². The molecule has 214 valence electrons. The number of unbranched alkanes of at least 4 members (excludes halogenated alkanes) is 1. The van der Waals surface area contributed by atoms with Crippen LogP contribution in [0.3, 0.4) is 0 Å². The summed E-state index contributed by atoms with van der Waals surface area (Å²) in [5, 5.41) is 10.5. The zero-order chi connectivity index (χ0) is 27.9. The molecule has 2 aliphatic heterocycles. The zero-order valence-electron chi connectivity index (χ0n) is 23.1. The average molecular weight is 545 g/mol. The number of aromatic nitrogens is 1. The lowest BCUT2D eigenvalue weighted by atomic mass is 9.83. The number of oxazole rings is 1. The summed E-state index contributed by atoms with van der Waals surface area (Å²) in [6, 6.07) is 3.26. The van der Waals surface area contributed by atoms with Crippen molar-refractivity contribution in [2.24, 2.45) is 11.7 Å². The highest BCUT2D eigenvalue weighted by molar-refractivity contribution is 5.79. The number of aryl methyl sites for hydroxylation is 2. The van der Waals surface area contributed by atoms with Gasteiger partial charge in [-0.25, -0.2) is 4.98 Å². The Morgan fingerprint density at radius 3 is 2.72 bits per heavy atom. The SMILES string of the molecule is CCCCN(CCCN)C(=O)CN1C[C@H](c2cc(OC)c3c(c2)OCO3)C(C(=O)O)[C@@H]1CCc1ncc(C)o1. The highest BCUT2D eigenvalue weighted by Crippen LogP contribution is 2.47. The van der Waals surface area contributed by atoms with Crippen LogP contribution >= 0.6 is 0 Å². The Bertz CT molecular complexity index is 1130. The van der Waals surface area contributed by atoms with Crippen LogP contribution in [0.5, 0.6) is 17.2 Å². The molecule has 11 nitrogen and oxygen atoms in total. The molecule has 2 aromatic rings. The van der Waals surface area contributed by atoms with Gasteiger partial charge in [-0.2, -0.15) is 0 Å². The Morgan fingerprint density at radius 1 is 1.26 bits per heavy atom.